The van der Waals surface area contributed by atoms with Gasteiger partial charge in [-0.2, -0.15) is 11.8 Å². The van der Waals surface area contributed by atoms with E-state index in [0.29, 0.717) is 0 Å². The van der Waals surface area contributed by atoms with Crippen LogP contribution in [0.4, 0.5) is 0 Å². The summed E-state index contributed by atoms with van der Waals surface area (Å²) in [6.07, 6.45) is 0. The lowest BCUT2D eigenvalue weighted by molar-refractivity contribution is -0.136. The predicted octanol–water partition coefficient (Wildman–Crippen LogP) is 2.81. The predicted molar refractivity (Wildman–Crippen MR) is 86.3 cm³/mol. The van der Waals surface area contributed by atoms with Crippen LogP contribution in [0.2, 0.25) is 5.02 Å². The van der Waals surface area contributed by atoms with Gasteiger partial charge in [0, 0.05) is 35.5 Å². The number of hydrogen-bond acceptors (Lipinski definition) is 3. The summed E-state index contributed by atoms with van der Waals surface area (Å²) in [6.45, 7) is 3.53. The third-order valence-corrected chi connectivity index (χ3v) is 4.87. The van der Waals surface area contributed by atoms with Crippen molar-refractivity contribution in [2.75, 3.05) is 31.6 Å². The van der Waals surface area contributed by atoms with E-state index in [-0.39, 0.29) is 17.9 Å². The van der Waals surface area contributed by atoms with Gasteiger partial charge in [-0.05, 0) is 24.7 Å². The molecule has 2 rings (SSSR count). The molecule has 1 saturated heterocycles. The highest BCUT2D eigenvalue weighted by molar-refractivity contribution is 7.99. The largest absolute Gasteiger partial charge is 0.334 e. The molecule has 0 saturated carbocycles. The van der Waals surface area contributed by atoms with Gasteiger partial charge < -0.3 is 10.2 Å². The van der Waals surface area contributed by atoms with Crippen LogP contribution in [0.5, 0.6) is 0 Å². The lowest BCUT2D eigenvalue weighted by atomic mass is 10.0. The summed E-state index contributed by atoms with van der Waals surface area (Å²) in [4.78, 5) is 14.6. The number of nitrogens with zero attached hydrogens (tertiary/aromatic N) is 1. The Morgan fingerprint density at radius 3 is 2.85 bits per heavy atom. The monoisotopic (exact) mass is 312 g/mol. The molecule has 1 fully saturated rings. The second kappa shape index (κ2) is 7.34. The summed E-state index contributed by atoms with van der Waals surface area (Å²) in [5, 5.41) is 3.81. The van der Waals surface area contributed by atoms with Crippen LogP contribution in [0.25, 0.3) is 0 Å². The van der Waals surface area contributed by atoms with Gasteiger partial charge in [0.1, 0.15) is 0 Å². The van der Waals surface area contributed by atoms with Crippen molar-refractivity contribution in [2.24, 2.45) is 5.92 Å². The fourth-order valence-electron chi connectivity index (χ4n) is 2.51. The van der Waals surface area contributed by atoms with Crippen molar-refractivity contribution < 1.29 is 4.79 Å². The van der Waals surface area contributed by atoms with Crippen molar-refractivity contribution in [3.63, 3.8) is 0 Å². The SMILES string of the molecule is CNCC(C)C(=O)N1CCSCC1c1ccc(Cl)cc1. The van der Waals surface area contributed by atoms with Crippen LogP contribution < -0.4 is 5.32 Å². The van der Waals surface area contributed by atoms with Crippen LogP contribution >= 0.6 is 23.4 Å². The van der Waals surface area contributed by atoms with Crippen LogP contribution in [0.3, 0.4) is 0 Å². The van der Waals surface area contributed by atoms with E-state index in [4.69, 9.17) is 11.6 Å². The molecule has 0 radical (unpaired) electrons. The van der Waals surface area contributed by atoms with Crippen LogP contribution in [0.15, 0.2) is 24.3 Å². The van der Waals surface area contributed by atoms with E-state index in [1.807, 2.05) is 54.9 Å². The zero-order valence-corrected chi connectivity index (χ0v) is 13.5. The van der Waals surface area contributed by atoms with Crippen LogP contribution in [-0.2, 0) is 4.79 Å². The molecule has 2 unspecified atom stereocenters. The van der Waals surface area contributed by atoms with E-state index in [0.717, 1.165) is 29.6 Å². The number of rotatable bonds is 4. The first kappa shape index (κ1) is 15.7. The molecule has 0 spiro atoms. The molecule has 1 aromatic carbocycles. The van der Waals surface area contributed by atoms with E-state index < -0.39 is 0 Å². The van der Waals surface area contributed by atoms with E-state index in [9.17, 15) is 4.79 Å². The Balaban J connectivity index is 2.16. The first-order valence-corrected chi connectivity index (χ1v) is 8.45. The molecule has 2 atom stereocenters. The summed E-state index contributed by atoms with van der Waals surface area (Å²) < 4.78 is 0. The summed E-state index contributed by atoms with van der Waals surface area (Å²) in [6, 6.07) is 8.02. The summed E-state index contributed by atoms with van der Waals surface area (Å²) in [5.41, 5.74) is 1.17. The van der Waals surface area contributed by atoms with Crippen molar-refractivity contribution in [2.45, 2.75) is 13.0 Å². The minimum Gasteiger partial charge on any atom is -0.334 e. The van der Waals surface area contributed by atoms with Gasteiger partial charge in [0.25, 0.3) is 0 Å². The molecule has 1 aliphatic heterocycles. The molecular formula is C15H21ClN2OS. The number of nitrogens with one attached hydrogen (secondary N) is 1. The number of thioether (sulfide) groups is 1. The zero-order valence-electron chi connectivity index (χ0n) is 11.9. The lowest BCUT2D eigenvalue weighted by Gasteiger charge is -2.37. The maximum atomic E-state index is 12.6. The molecule has 0 aromatic heterocycles. The maximum absolute atomic E-state index is 12.6. The number of halogens is 1. The summed E-state index contributed by atoms with van der Waals surface area (Å²) in [5.74, 6) is 2.22. The zero-order chi connectivity index (χ0) is 14.5. The molecule has 5 heteroatoms. The molecular weight excluding hydrogens is 292 g/mol. The Morgan fingerprint density at radius 1 is 1.50 bits per heavy atom. The van der Waals surface area contributed by atoms with Gasteiger partial charge in [-0.1, -0.05) is 30.7 Å². The van der Waals surface area contributed by atoms with Gasteiger partial charge in [-0.15, -0.1) is 0 Å². The third-order valence-electron chi connectivity index (χ3n) is 3.60. The maximum Gasteiger partial charge on any atom is 0.227 e. The minimum absolute atomic E-state index is 0.0119. The average molecular weight is 313 g/mol. The van der Waals surface area contributed by atoms with Gasteiger partial charge >= 0.3 is 0 Å². The standard InChI is InChI=1S/C15H21ClN2OS/c1-11(9-17-2)15(19)18-7-8-20-10-14(18)12-3-5-13(16)6-4-12/h3-6,11,14,17H,7-10H2,1-2H3. The van der Waals surface area contributed by atoms with Crippen LogP contribution in [0.1, 0.15) is 18.5 Å². The van der Waals surface area contributed by atoms with Gasteiger partial charge in [0.2, 0.25) is 5.91 Å². The van der Waals surface area contributed by atoms with Crippen LogP contribution in [-0.4, -0.2) is 42.4 Å². The first-order valence-electron chi connectivity index (χ1n) is 6.91. The quantitative estimate of drug-likeness (QED) is 0.928. The lowest BCUT2D eigenvalue weighted by Crippen LogP contribution is -2.45. The van der Waals surface area contributed by atoms with Crippen molar-refractivity contribution >= 4 is 29.3 Å². The van der Waals surface area contributed by atoms with E-state index in [2.05, 4.69) is 5.32 Å². The van der Waals surface area contributed by atoms with Gasteiger partial charge in [-0.25, -0.2) is 0 Å². The second-order valence-corrected chi connectivity index (χ2v) is 6.72. The molecule has 1 heterocycles. The molecule has 0 aliphatic carbocycles. The fraction of sp³-hybridized carbons (Fsp3) is 0.533. The van der Waals surface area contributed by atoms with Crippen molar-refractivity contribution in [3.05, 3.63) is 34.9 Å². The molecule has 1 aliphatic rings. The molecule has 0 bridgehead atoms. The van der Waals surface area contributed by atoms with Gasteiger partial charge in [0.15, 0.2) is 0 Å². The normalized spacial score (nSPS) is 20.8. The molecule has 1 amide bonds. The Bertz CT molecular complexity index is 452. The van der Waals surface area contributed by atoms with Gasteiger partial charge in [-0.3, -0.25) is 4.79 Å². The molecule has 20 heavy (non-hydrogen) atoms. The van der Waals surface area contributed by atoms with E-state index in [1.165, 1.54) is 5.56 Å². The molecule has 3 nitrogen and oxygen atoms in total. The van der Waals surface area contributed by atoms with Crippen molar-refractivity contribution in [1.82, 2.24) is 10.2 Å². The Kier molecular flexibility index (Phi) is 5.75. The highest BCUT2D eigenvalue weighted by Crippen LogP contribution is 2.31. The highest BCUT2D eigenvalue weighted by atomic mass is 35.5. The third kappa shape index (κ3) is 3.68. The Hall–Kier alpha value is -0.710. The summed E-state index contributed by atoms with van der Waals surface area (Å²) >= 11 is 7.85. The second-order valence-electron chi connectivity index (χ2n) is 5.13. The van der Waals surface area contributed by atoms with E-state index in [1.54, 1.807) is 0 Å². The number of benzene rings is 1. The topological polar surface area (TPSA) is 32.3 Å². The minimum atomic E-state index is 0.0119. The van der Waals surface area contributed by atoms with Crippen molar-refractivity contribution in [1.29, 1.82) is 0 Å². The summed E-state index contributed by atoms with van der Waals surface area (Å²) in [7, 11) is 1.88. The van der Waals surface area contributed by atoms with Gasteiger partial charge in [0.05, 0.1) is 6.04 Å². The number of carbonyl (C=O) groups excluding carboxylic acids is 1. The molecule has 110 valence electrons. The van der Waals surface area contributed by atoms with Crippen molar-refractivity contribution in [3.8, 4) is 0 Å². The number of carbonyl (C=O) groups is 1. The first-order chi connectivity index (χ1) is 9.63. The highest BCUT2D eigenvalue weighted by Gasteiger charge is 2.30. The molecule has 1 N–H and O–H groups in total. The Morgan fingerprint density at radius 2 is 2.20 bits per heavy atom. The van der Waals surface area contributed by atoms with Crippen LogP contribution in [0, 0.1) is 5.92 Å². The number of amides is 1. The number of hydrogen-bond donors (Lipinski definition) is 1. The van der Waals surface area contributed by atoms with E-state index >= 15 is 0 Å². The molecule has 1 aromatic rings. The Labute approximate surface area is 130 Å². The smallest absolute Gasteiger partial charge is 0.227 e. The average Bonchev–Trinajstić information content (AvgIpc) is 2.47. The fourth-order valence-corrected chi connectivity index (χ4v) is 3.72.